The SMILES string of the molecule is CCc1cc2sc(/C=C/c3ccc(OCOC)c(Br)c3)nc2cc1C.CI.COCOc1ccc(/C=C/c2nc3cc(C)c(N)cc3s2)cc1Br. The summed E-state index contributed by atoms with van der Waals surface area (Å²) in [5, 5.41) is 1.96. The molecule has 0 atom stereocenters. The molecule has 0 fully saturated rings. The number of thiazole rings is 2. The highest BCUT2D eigenvalue weighted by atomic mass is 127. The van der Waals surface area contributed by atoms with Gasteiger partial charge in [-0.25, -0.2) is 9.97 Å². The van der Waals surface area contributed by atoms with Crippen LogP contribution in [-0.4, -0.2) is 42.7 Å². The fourth-order valence-electron chi connectivity index (χ4n) is 4.83. The zero-order valence-corrected chi connectivity index (χ0v) is 36.2. The van der Waals surface area contributed by atoms with E-state index in [4.69, 9.17) is 29.7 Å². The van der Waals surface area contributed by atoms with E-state index in [0.717, 1.165) is 75.0 Å². The lowest BCUT2D eigenvalue weighted by atomic mass is 10.1. The number of aryl methyl sites for hydroxylation is 3. The molecule has 0 aliphatic heterocycles. The van der Waals surface area contributed by atoms with Crippen LogP contribution in [0.2, 0.25) is 0 Å². The lowest BCUT2D eigenvalue weighted by molar-refractivity contribution is 0.0504. The third kappa shape index (κ3) is 11.6. The molecule has 6 aromatic rings. The normalized spacial score (nSPS) is 11.2. The largest absolute Gasteiger partial charge is 0.466 e. The van der Waals surface area contributed by atoms with Gasteiger partial charge >= 0.3 is 0 Å². The number of aromatic nitrogens is 2. The van der Waals surface area contributed by atoms with Gasteiger partial charge in [-0.1, -0.05) is 53.8 Å². The van der Waals surface area contributed by atoms with Gasteiger partial charge in [0, 0.05) is 19.9 Å². The lowest BCUT2D eigenvalue weighted by Crippen LogP contribution is -1.99. The molecule has 0 aliphatic carbocycles. The summed E-state index contributed by atoms with van der Waals surface area (Å²) in [6, 6.07) is 20.3. The number of alkyl halides is 1. The van der Waals surface area contributed by atoms with Gasteiger partial charge < -0.3 is 24.7 Å². The second-order valence-corrected chi connectivity index (χ2v) is 14.9. The molecule has 0 saturated carbocycles. The van der Waals surface area contributed by atoms with Gasteiger partial charge in [-0.2, -0.15) is 0 Å². The van der Waals surface area contributed by atoms with Crippen molar-refractivity contribution in [2.75, 3.05) is 38.5 Å². The molecule has 0 radical (unpaired) electrons. The van der Waals surface area contributed by atoms with Crippen LogP contribution in [0.5, 0.6) is 11.5 Å². The summed E-state index contributed by atoms with van der Waals surface area (Å²) in [7, 11) is 3.20. The molecule has 0 amide bonds. The number of rotatable bonds is 11. The van der Waals surface area contributed by atoms with Crippen molar-refractivity contribution in [1.82, 2.24) is 9.97 Å². The topological polar surface area (TPSA) is 88.7 Å². The summed E-state index contributed by atoms with van der Waals surface area (Å²) in [6.07, 6.45) is 9.21. The Morgan fingerprint density at radius 2 is 1.16 bits per heavy atom. The quantitative estimate of drug-likeness (QED) is 0.0599. The van der Waals surface area contributed by atoms with Crippen molar-refractivity contribution in [2.45, 2.75) is 27.2 Å². The maximum absolute atomic E-state index is 5.96. The van der Waals surface area contributed by atoms with Gasteiger partial charge in [-0.05, 0) is 146 Å². The number of anilines is 1. The molecule has 7 nitrogen and oxygen atoms in total. The summed E-state index contributed by atoms with van der Waals surface area (Å²) in [5.41, 5.74) is 14.7. The Balaban J connectivity index is 0.000000218. The number of hydrogen-bond acceptors (Lipinski definition) is 9. The minimum atomic E-state index is 0.224. The maximum atomic E-state index is 5.96. The molecule has 2 aromatic heterocycles. The first-order valence-electron chi connectivity index (χ1n) is 15.8. The van der Waals surface area contributed by atoms with Gasteiger partial charge in [-0.15, -0.1) is 22.7 Å². The highest BCUT2D eigenvalue weighted by molar-refractivity contribution is 14.1. The summed E-state index contributed by atoms with van der Waals surface area (Å²) >= 11 is 12.5. The van der Waals surface area contributed by atoms with Gasteiger partial charge in [0.05, 0.1) is 29.4 Å². The minimum Gasteiger partial charge on any atom is -0.466 e. The number of nitrogens with zero attached hydrogens (tertiary/aromatic N) is 2. The zero-order chi connectivity index (χ0) is 36.9. The van der Waals surface area contributed by atoms with Crippen LogP contribution in [0, 0.1) is 13.8 Å². The predicted octanol–water partition coefficient (Wildman–Crippen LogP) is 12.2. The molecule has 4 aromatic carbocycles. The second kappa shape index (κ2) is 20.4. The average molecular weight is 966 g/mol. The number of methoxy groups -OCH3 is 2. The fraction of sp³-hybridized carbons (Fsp3) is 0.231. The molecule has 268 valence electrons. The van der Waals surface area contributed by atoms with Crippen molar-refractivity contribution in [3.05, 3.63) is 107 Å². The van der Waals surface area contributed by atoms with Crippen LogP contribution in [-0.2, 0) is 15.9 Å². The Kier molecular flexibility index (Phi) is 16.4. The molecule has 12 heteroatoms. The molecule has 0 aliphatic rings. The van der Waals surface area contributed by atoms with E-state index in [0.29, 0.717) is 0 Å². The number of nitrogens with two attached hydrogens (primary N) is 1. The van der Waals surface area contributed by atoms with Crippen LogP contribution in [0.15, 0.2) is 69.6 Å². The van der Waals surface area contributed by atoms with Crippen molar-refractivity contribution in [2.24, 2.45) is 0 Å². The molecule has 2 heterocycles. The number of hydrogen-bond donors (Lipinski definition) is 1. The van der Waals surface area contributed by atoms with E-state index >= 15 is 0 Å². The lowest BCUT2D eigenvalue weighted by Gasteiger charge is -2.07. The van der Waals surface area contributed by atoms with Gasteiger partial charge in [0.1, 0.15) is 21.5 Å². The highest BCUT2D eigenvalue weighted by Gasteiger charge is 2.07. The highest BCUT2D eigenvalue weighted by Crippen LogP contribution is 2.31. The van der Waals surface area contributed by atoms with Gasteiger partial charge in [-0.3, -0.25) is 0 Å². The van der Waals surface area contributed by atoms with Crippen molar-refractivity contribution >= 4 is 128 Å². The van der Waals surface area contributed by atoms with Crippen LogP contribution in [0.1, 0.15) is 44.8 Å². The van der Waals surface area contributed by atoms with Gasteiger partial charge in [0.2, 0.25) is 0 Å². The molecular formula is C39H40Br2IN3O4S2. The fourth-order valence-corrected chi connectivity index (χ4v) is 7.67. The summed E-state index contributed by atoms with van der Waals surface area (Å²) < 4.78 is 24.9. The first kappa shape index (κ1) is 40.9. The number of benzene rings is 4. The van der Waals surface area contributed by atoms with Gasteiger partial charge in [0.15, 0.2) is 13.6 Å². The Hall–Kier alpha value is -2.85. The maximum Gasteiger partial charge on any atom is 0.188 e. The van der Waals surface area contributed by atoms with Crippen LogP contribution >= 0.6 is 77.1 Å². The van der Waals surface area contributed by atoms with E-state index in [1.54, 1.807) is 36.9 Å². The van der Waals surface area contributed by atoms with E-state index in [2.05, 4.69) is 97.6 Å². The summed E-state index contributed by atoms with van der Waals surface area (Å²) in [4.78, 5) is 11.3. The van der Waals surface area contributed by atoms with E-state index in [1.165, 1.54) is 15.8 Å². The number of nitrogen functional groups attached to an aromatic ring is 1. The summed E-state index contributed by atoms with van der Waals surface area (Å²) in [5.74, 6) is 1.52. The first-order chi connectivity index (χ1) is 24.7. The van der Waals surface area contributed by atoms with Crippen molar-refractivity contribution in [3.8, 4) is 11.5 Å². The van der Waals surface area contributed by atoms with Crippen LogP contribution in [0.4, 0.5) is 5.69 Å². The van der Waals surface area contributed by atoms with Crippen LogP contribution in [0.25, 0.3) is 44.7 Å². The predicted molar refractivity (Wildman–Crippen MR) is 234 cm³/mol. The molecular weight excluding hydrogens is 925 g/mol. The van der Waals surface area contributed by atoms with Crippen LogP contribution < -0.4 is 15.2 Å². The number of fused-ring (bicyclic) bond motifs is 2. The Bertz CT molecular complexity index is 2090. The molecule has 51 heavy (non-hydrogen) atoms. The standard InChI is InChI=1S/C20H20BrNO2S.C18H17BrN2O2S.CH3I/c1-4-15-11-19-17(9-13(15)2)22-20(25-19)8-6-14-5-7-18(16(21)10-14)24-12-23-3;1-11-7-15-17(9-14(11)20)24-18(21-15)6-4-12-3-5-16(13(19)8-12)23-10-22-2;1-2/h5-11H,4,12H2,1-3H3;3-9H,10,20H2,1-2H3;1H3/b8-6+;6-4+;. The minimum absolute atomic E-state index is 0.224. The smallest absolute Gasteiger partial charge is 0.188 e. The molecule has 0 saturated heterocycles. The molecule has 0 unspecified atom stereocenters. The Morgan fingerprint density at radius 3 is 1.61 bits per heavy atom. The van der Waals surface area contributed by atoms with E-state index < -0.39 is 0 Å². The molecule has 6 rings (SSSR count). The third-order valence-corrected chi connectivity index (χ3v) is 10.7. The van der Waals surface area contributed by atoms with E-state index in [1.807, 2.05) is 72.5 Å². The van der Waals surface area contributed by atoms with Crippen LogP contribution in [0.3, 0.4) is 0 Å². The van der Waals surface area contributed by atoms with Crippen molar-refractivity contribution < 1.29 is 18.9 Å². The van der Waals surface area contributed by atoms with Gasteiger partial charge in [0.25, 0.3) is 0 Å². The average Bonchev–Trinajstić information content (AvgIpc) is 3.72. The third-order valence-electron chi connectivity index (χ3n) is 7.45. The first-order valence-corrected chi connectivity index (χ1v) is 21.2. The number of halogens is 3. The molecule has 0 bridgehead atoms. The monoisotopic (exact) mass is 963 g/mol. The molecule has 2 N–H and O–H groups in total. The molecule has 0 spiro atoms. The Morgan fingerprint density at radius 1 is 0.686 bits per heavy atom. The van der Waals surface area contributed by atoms with E-state index in [-0.39, 0.29) is 13.6 Å². The van der Waals surface area contributed by atoms with Crippen molar-refractivity contribution in [1.29, 1.82) is 0 Å². The second-order valence-electron chi connectivity index (χ2n) is 11.0. The Labute approximate surface area is 338 Å². The summed E-state index contributed by atoms with van der Waals surface area (Å²) in [6.45, 7) is 6.79. The number of ether oxygens (including phenoxy) is 4. The van der Waals surface area contributed by atoms with Crippen molar-refractivity contribution in [3.63, 3.8) is 0 Å². The zero-order valence-electron chi connectivity index (χ0n) is 29.3. The van der Waals surface area contributed by atoms with E-state index in [9.17, 15) is 0 Å².